The third-order valence-corrected chi connectivity index (χ3v) is 6.26. The van der Waals surface area contributed by atoms with Crippen molar-refractivity contribution in [3.05, 3.63) is 64.3 Å². The molecule has 0 aliphatic carbocycles. The number of halogens is 2. The van der Waals surface area contributed by atoms with E-state index in [2.05, 4.69) is 48.1 Å². The van der Waals surface area contributed by atoms with Gasteiger partial charge in [-0.15, -0.1) is 0 Å². The average Bonchev–Trinajstić information content (AvgIpc) is 2.98. The van der Waals surface area contributed by atoms with Gasteiger partial charge in [0.1, 0.15) is 5.75 Å². The van der Waals surface area contributed by atoms with Gasteiger partial charge in [0.2, 0.25) is 11.2 Å². The van der Waals surface area contributed by atoms with E-state index in [0.717, 1.165) is 33.8 Å². The van der Waals surface area contributed by atoms with Crippen LogP contribution in [0.15, 0.2) is 58.5 Å². The number of fused-ring (bicyclic) bond motifs is 2. The van der Waals surface area contributed by atoms with Gasteiger partial charge in [-0.1, -0.05) is 30.3 Å². The maximum Gasteiger partial charge on any atom is 0.212 e. The maximum atomic E-state index is 6.18. The summed E-state index contributed by atoms with van der Waals surface area (Å²) in [4.78, 5) is 7.07. The molecular formula is C22H22ClIN2OS. The summed E-state index contributed by atoms with van der Waals surface area (Å²) in [7, 11) is 2.13. The van der Waals surface area contributed by atoms with Gasteiger partial charge in [0, 0.05) is 34.5 Å². The van der Waals surface area contributed by atoms with Crippen LogP contribution in [0.5, 0.6) is 5.75 Å². The summed E-state index contributed by atoms with van der Waals surface area (Å²) in [5.74, 6) is 0.920. The molecule has 1 aliphatic heterocycles. The fourth-order valence-electron chi connectivity index (χ4n) is 3.43. The number of ether oxygens (including phenoxy) is 1. The zero-order chi connectivity index (χ0) is 19.0. The number of thioether (sulfide) groups is 1. The molecule has 1 aliphatic rings. The number of H-pyrrole nitrogens is 1. The highest BCUT2D eigenvalue weighted by Crippen LogP contribution is 2.49. The first-order chi connectivity index (χ1) is 13.1. The average molecular weight is 525 g/mol. The first kappa shape index (κ1) is 21.3. The van der Waals surface area contributed by atoms with Crippen LogP contribution in [0, 0.1) is 0 Å². The van der Waals surface area contributed by atoms with E-state index in [1.54, 1.807) is 11.8 Å². The maximum absolute atomic E-state index is 6.18. The molecule has 0 saturated carbocycles. The normalized spacial score (nSPS) is 14.6. The predicted octanol–water partition coefficient (Wildman–Crippen LogP) is 3.03. The largest absolute Gasteiger partial charge is 1.00 e. The Kier molecular flexibility index (Phi) is 6.78. The number of rotatable bonds is 4. The van der Waals surface area contributed by atoms with Crippen molar-refractivity contribution in [3.63, 3.8) is 0 Å². The number of nitrogens with one attached hydrogen (secondary N) is 1. The van der Waals surface area contributed by atoms with Crippen LogP contribution in [-0.4, -0.2) is 13.7 Å². The standard InChI is InChI=1S/C22H21ClN2OS.HI/c1-4-17(18-10-7-14-6-8-15(23)12-19(14)24-18)22-25(3)20-11-9-16(26-5-2)13-21(20)27-22;/h6-13H,4-5H2,1-3H3;1H. The van der Waals surface area contributed by atoms with Crippen molar-refractivity contribution in [2.45, 2.75) is 25.2 Å². The number of anilines is 1. The van der Waals surface area contributed by atoms with Crippen molar-refractivity contribution in [2.24, 2.45) is 0 Å². The Morgan fingerprint density at radius 3 is 2.64 bits per heavy atom. The number of aromatic amines is 1. The van der Waals surface area contributed by atoms with Crippen LogP contribution >= 0.6 is 23.4 Å². The molecule has 28 heavy (non-hydrogen) atoms. The van der Waals surface area contributed by atoms with Crippen LogP contribution in [0.25, 0.3) is 16.5 Å². The number of hydrogen-bond donors (Lipinski definition) is 0. The topological polar surface area (TPSA) is 26.6 Å². The van der Waals surface area contributed by atoms with Gasteiger partial charge >= 0.3 is 0 Å². The van der Waals surface area contributed by atoms with Crippen LogP contribution in [0.4, 0.5) is 5.69 Å². The summed E-state index contributed by atoms with van der Waals surface area (Å²) in [5, 5.41) is 3.14. The van der Waals surface area contributed by atoms with E-state index >= 15 is 0 Å². The Bertz CT molecular complexity index is 1050. The van der Waals surface area contributed by atoms with Gasteiger partial charge in [-0.2, -0.15) is 0 Å². The Morgan fingerprint density at radius 1 is 1.11 bits per heavy atom. The zero-order valence-corrected chi connectivity index (χ0v) is 19.8. The molecule has 0 saturated heterocycles. The van der Waals surface area contributed by atoms with Gasteiger partial charge in [0.05, 0.1) is 22.9 Å². The van der Waals surface area contributed by atoms with E-state index in [9.17, 15) is 0 Å². The molecular weight excluding hydrogens is 503 g/mol. The fraction of sp³-hybridized carbons (Fsp3) is 0.227. The van der Waals surface area contributed by atoms with E-state index in [1.807, 2.05) is 31.2 Å². The minimum atomic E-state index is 0. The number of hydrogen-bond acceptors (Lipinski definition) is 3. The summed E-state index contributed by atoms with van der Waals surface area (Å²) in [5.41, 5.74) is 4.68. The Hall–Kier alpha value is -1.44. The van der Waals surface area contributed by atoms with Crippen LogP contribution in [0.3, 0.4) is 0 Å². The van der Waals surface area contributed by atoms with Crippen LogP contribution < -0.4 is 38.6 Å². The molecule has 0 atom stereocenters. The van der Waals surface area contributed by atoms with E-state index in [-0.39, 0.29) is 24.0 Å². The number of aromatic nitrogens is 1. The predicted molar refractivity (Wildman–Crippen MR) is 115 cm³/mol. The number of allylic oxidation sites excluding steroid dienone is 1. The Balaban J connectivity index is 0.00000225. The summed E-state index contributed by atoms with van der Waals surface area (Å²) >= 11 is 7.98. The Morgan fingerprint density at radius 2 is 1.89 bits per heavy atom. The monoisotopic (exact) mass is 524 g/mol. The first-order valence-corrected chi connectivity index (χ1v) is 10.3. The van der Waals surface area contributed by atoms with Crippen molar-refractivity contribution in [2.75, 3.05) is 18.6 Å². The molecule has 146 valence electrons. The molecule has 2 heterocycles. The summed E-state index contributed by atoms with van der Waals surface area (Å²) in [6.45, 7) is 4.88. The smallest absolute Gasteiger partial charge is 0.212 e. The molecule has 1 aromatic heterocycles. The summed E-state index contributed by atoms with van der Waals surface area (Å²) in [6, 6.07) is 16.5. The lowest BCUT2D eigenvalue weighted by Gasteiger charge is -2.16. The van der Waals surface area contributed by atoms with Crippen molar-refractivity contribution >= 4 is 45.5 Å². The summed E-state index contributed by atoms with van der Waals surface area (Å²) in [6.07, 6.45) is 0.932. The third kappa shape index (κ3) is 3.98. The molecule has 6 heteroatoms. The molecule has 0 spiro atoms. The number of pyridine rings is 1. The Labute approximate surface area is 192 Å². The van der Waals surface area contributed by atoms with Crippen molar-refractivity contribution in [1.29, 1.82) is 0 Å². The van der Waals surface area contributed by atoms with E-state index in [1.165, 1.54) is 21.2 Å². The molecule has 4 rings (SSSR count). The van der Waals surface area contributed by atoms with Crippen molar-refractivity contribution in [1.82, 2.24) is 0 Å². The first-order valence-electron chi connectivity index (χ1n) is 9.14. The molecule has 1 N–H and O–H groups in total. The van der Waals surface area contributed by atoms with Gasteiger partial charge in [-0.25, -0.2) is 4.98 Å². The molecule has 2 aromatic carbocycles. The minimum Gasteiger partial charge on any atom is -1.00 e. The van der Waals surface area contributed by atoms with Crippen LogP contribution in [-0.2, 0) is 0 Å². The summed E-state index contributed by atoms with van der Waals surface area (Å²) < 4.78 is 5.67. The van der Waals surface area contributed by atoms with Crippen LogP contribution in [0.2, 0.25) is 5.02 Å². The third-order valence-electron chi connectivity index (χ3n) is 4.77. The zero-order valence-electron chi connectivity index (χ0n) is 16.1. The lowest BCUT2D eigenvalue weighted by molar-refractivity contribution is -0.348. The highest BCUT2D eigenvalue weighted by Gasteiger charge is 2.27. The highest BCUT2D eigenvalue weighted by atomic mass is 127. The van der Waals surface area contributed by atoms with Crippen molar-refractivity contribution < 1.29 is 33.7 Å². The fourth-order valence-corrected chi connectivity index (χ4v) is 4.91. The molecule has 0 unspecified atom stereocenters. The lowest BCUT2D eigenvalue weighted by Crippen LogP contribution is -3.00. The SMILES string of the molecule is CCOc1ccc2c(c1)SC(=C(CC)c1ccc3ccc(Cl)cc3[nH+]1)N2C.[I-]. The molecule has 0 amide bonds. The number of benzene rings is 2. The van der Waals surface area contributed by atoms with Crippen LogP contribution in [0.1, 0.15) is 26.0 Å². The minimum absolute atomic E-state index is 0. The molecule has 3 aromatic rings. The molecule has 3 nitrogen and oxygen atoms in total. The van der Waals surface area contributed by atoms with Gasteiger partial charge in [0.25, 0.3) is 0 Å². The second-order valence-corrected chi connectivity index (χ2v) is 7.93. The van der Waals surface area contributed by atoms with Gasteiger partial charge in [0.15, 0.2) is 0 Å². The quantitative estimate of drug-likeness (QED) is 0.491. The van der Waals surface area contributed by atoms with Gasteiger partial charge in [-0.3, -0.25) is 0 Å². The van der Waals surface area contributed by atoms with E-state index in [0.29, 0.717) is 6.61 Å². The molecule has 0 bridgehead atoms. The van der Waals surface area contributed by atoms with Crippen molar-refractivity contribution in [3.8, 4) is 5.75 Å². The van der Waals surface area contributed by atoms with Gasteiger partial charge in [-0.05, 0) is 49.7 Å². The van der Waals surface area contributed by atoms with E-state index in [4.69, 9.17) is 16.3 Å². The van der Waals surface area contributed by atoms with E-state index < -0.39 is 0 Å². The lowest BCUT2D eigenvalue weighted by atomic mass is 10.1. The second kappa shape index (κ2) is 8.93. The highest BCUT2D eigenvalue weighted by molar-refractivity contribution is 8.04. The van der Waals surface area contributed by atoms with Gasteiger partial charge < -0.3 is 33.6 Å². The molecule has 0 fully saturated rings. The number of nitrogens with zero attached hydrogens (tertiary/aromatic N) is 1. The second-order valence-electron chi connectivity index (χ2n) is 6.46. The molecule has 0 radical (unpaired) electrons.